The highest BCUT2D eigenvalue weighted by molar-refractivity contribution is 5.76. The zero-order valence-corrected chi connectivity index (χ0v) is 50.4. The third-order valence-electron chi connectivity index (χ3n) is 16.1. The minimum Gasteiger partial charge on any atom is -0.466 e. The third-order valence-corrected chi connectivity index (χ3v) is 16.1. The van der Waals surface area contributed by atoms with Crippen molar-refractivity contribution in [3.63, 3.8) is 0 Å². The van der Waals surface area contributed by atoms with Crippen molar-refractivity contribution in [2.45, 2.75) is 398 Å². The molecule has 0 fully saturated rings. The van der Waals surface area contributed by atoms with Gasteiger partial charge < -0.3 is 20.3 Å². The van der Waals surface area contributed by atoms with E-state index in [0.29, 0.717) is 19.4 Å². The van der Waals surface area contributed by atoms with Crippen LogP contribution in [0.5, 0.6) is 0 Å². The van der Waals surface area contributed by atoms with Gasteiger partial charge in [0.05, 0.1) is 25.4 Å². The first-order valence-electron chi connectivity index (χ1n) is 34.0. The Morgan fingerprint density at radius 3 is 0.919 bits per heavy atom. The summed E-state index contributed by atoms with van der Waals surface area (Å²) in [4.78, 5) is 24.6. The molecule has 0 saturated heterocycles. The topological polar surface area (TPSA) is 95.9 Å². The number of carbonyl (C=O) groups is 2. The highest BCUT2D eigenvalue weighted by Gasteiger charge is 2.18. The maximum atomic E-state index is 12.5. The number of ether oxygens (including phenoxy) is 1. The van der Waals surface area contributed by atoms with Crippen molar-refractivity contribution in [3.05, 3.63) is 12.2 Å². The Morgan fingerprint density at radius 2 is 0.622 bits per heavy atom. The highest BCUT2D eigenvalue weighted by Crippen LogP contribution is 2.19. The molecule has 0 radical (unpaired) electrons. The van der Waals surface area contributed by atoms with Crippen molar-refractivity contribution in [1.29, 1.82) is 0 Å². The maximum Gasteiger partial charge on any atom is 0.305 e. The molecule has 0 aliphatic heterocycles. The Labute approximate surface area is 463 Å². The number of esters is 1. The van der Waals surface area contributed by atoms with Crippen LogP contribution in [0.25, 0.3) is 0 Å². The first-order valence-corrected chi connectivity index (χ1v) is 34.0. The lowest BCUT2D eigenvalue weighted by molar-refractivity contribution is -0.143. The summed E-state index contributed by atoms with van der Waals surface area (Å²) < 4.78 is 5.50. The van der Waals surface area contributed by atoms with Gasteiger partial charge in [-0.05, 0) is 32.1 Å². The minimum atomic E-state index is -0.844. The number of aliphatic hydroxyl groups excluding tert-OH is 2. The highest BCUT2D eigenvalue weighted by atomic mass is 16.5. The number of rotatable bonds is 64. The van der Waals surface area contributed by atoms with Crippen molar-refractivity contribution in [2.75, 3.05) is 13.2 Å². The van der Waals surface area contributed by atoms with Crippen LogP contribution >= 0.6 is 0 Å². The third kappa shape index (κ3) is 59.8. The van der Waals surface area contributed by atoms with Crippen molar-refractivity contribution in [3.8, 4) is 0 Å². The van der Waals surface area contributed by atoms with E-state index in [0.717, 1.165) is 38.5 Å². The van der Waals surface area contributed by atoms with Crippen LogP contribution in [0.3, 0.4) is 0 Å². The molecule has 0 aliphatic rings. The molecule has 0 rings (SSSR count). The van der Waals surface area contributed by atoms with Crippen LogP contribution < -0.4 is 5.32 Å². The smallest absolute Gasteiger partial charge is 0.305 e. The van der Waals surface area contributed by atoms with Crippen molar-refractivity contribution >= 4 is 11.9 Å². The SMILES string of the molecule is CCCCCCCCCCCCCCCCCC/C=C/C(O)C(CO)NC(=O)CCCCCCCCCCCCCCCCCCCCCCCCCOC(=O)CCCCCCCCCCCCCCCCCC. The fourth-order valence-corrected chi connectivity index (χ4v) is 10.9. The van der Waals surface area contributed by atoms with Gasteiger partial charge in [-0.1, -0.05) is 353 Å². The number of amides is 1. The molecule has 0 bridgehead atoms. The van der Waals surface area contributed by atoms with Gasteiger partial charge in [0, 0.05) is 12.8 Å². The van der Waals surface area contributed by atoms with Gasteiger partial charge in [0.15, 0.2) is 0 Å². The second kappa shape index (κ2) is 64.1. The van der Waals surface area contributed by atoms with Crippen LogP contribution in [-0.2, 0) is 14.3 Å². The number of unbranched alkanes of at least 4 members (excludes halogenated alkanes) is 53. The summed E-state index contributed by atoms with van der Waals surface area (Å²) in [5, 5.41) is 23.2. The largest absolute Gasteiger partial charge is 0.466 e. The van der Waals surface area contributed by atoms with Crippen LogP contribution in [0.2, 0.25) is 0 Å². The van der Waals surface area contributed by atoms with E-state index in [2.05, 4.69) is 19.2 Å². The van der Waals surface area contributed by atoms with E-state index in [-0.39, 0.29) is 18.5 Å². The summed E-state index contributed by atoms with van der Waals surface area (Å²) in [7, 11) is 0. The average molecular weight is 1040 g/mol. The molecule has 0 heterocycles. The molecule has 2 atom stereocenters. The molecule has 0 aromatic carbocycles. The first kappa shape index (κ1) is 72.6. The first-order chi connectivity index (χ1) is 36.5. The average Bonchev–Trinajstić information content (AvgIpc) is 3.40. The van der Waals surface area contributed by atoms with Crippen LogP contribution in [0.4, 0.5) is 0 Å². The summed E-state index contributed by atoms with van der Waals surface area (Å²) in [5.74, 6) is -0.0453. The summed E-state index contributed by atoms with van der Waals surface area (Å²) in [6, 6.07) is -0.627. The van der Waals surface area contributed by atoms with Gasteiger partial charge in [0.1, 0.15) is 0 Å². The molecule has 6 heteroatoms. The van der Waals surface area contributed by atoms with Crippen molar-refractivity contribution in [1.82, 2.24) is 5.32 Å². The summed E-state index contributed by atoms with van der Waals surface area (Å²) in [5.41, 5.74) is 0. The van der Waals surface area contributed by atoms with Gasteiger partial charge in [-0.15, -0.1) is 0 Å². The number of carbonyl (C=O) groups excluding carboxylic acids is 2. The second-order valence-corrected chi connectivity index (χ2v) is 23.5. The molecule has 6 nitrogen and oxygen atoms in total. The van der Waals surface area contributed by atoms with Gasteiger partial charge in [-0.2, -0.15) is 0 Å². The summed E-state index contributed by atoms with van der Waals surface area (Å²) in [6.07, 6.45) is 78.4. The number of aliphatic hydroxyl groups is 2. The van der Waals surface area contributed by atoms with E-state index in [1.54, 1.807) is 6.08 Å². The minimum absolute atomic E-state index is 0.0183. The predicted octanol–water partition coefficient (Wildman–Crippen LogP) is 21.6. The van der Waals surface area contributed by atoms with E-state index >= 15 is 0 Å². The monoisotopic (exact) mass is 1040 g/mol. The number of allylic oxidation sites excluding steroid dienone is 1. The maximum absolute atomic E-state index is 12.5. The molecule has 0 aromatic heterocycles. The summed E-state index contributed by atoms with van der Waals surface area (Å²) >= 11 is 0. The van der Waals surface area contributed by atoms with E-state index in [1.165, 1.54) is 321 Å². The lowest BCUT2D eigenvalue weighted by atomic mass is 10.0. The van der Waals surface area contributed by atoms with Crippen LogP contribution in [0, 0.1) is 0 Å². The zero-order valence-electron chi connectivity index (χ0n) is 50.4. The number of nitrogens with one attached hydrogen (secondary N) is 1. The fraction of sp³-hybridized carbons (Fsp3) is 0.941. The van der Waals surface area contributed by atoms with Crippen LogP contribution in [0.1, 0.15) is 386 Å². The molecule has 2 unspecified atom stereocenters. The molecular weight excluding hydrogens is 911 g/mol. The molecule has 0 saturated carbocycles. The Kier molecular flexibility index (Phi) is 62.9. The number of hydrogen-bond donors (Lipinski definition) is 3. The molecule has 1 amide bonds. The molecule has 0 aromatic rings. The van der Waals surface area contributed by atoms with Crippen molar-refractivity contribution in [2.24, 2.45) is 0 Å². The van der Waals surface area contributed by atoms with E-state index in [1.807, 2.05) is 6.08 Å². The number of hydrogen-bond acceptors (Lipinski definition) is 5. The molecule has 3 N–H and O–H groups in total. The molecule has 0 aliphatic carbocycles. The van der Waals surface area contributed by atoms with Gasteiger partial charge in [0.25, 0.3) is 0 Å². The molecule has 74 heavy (non-hydrogen) atoms. The van der Waals surface area contributed by atoms with Crippen LogP contribution in [0.15, 0.2) is 12.2 Å². The van der Waals surface area contributed by atoms with E-state index in [9.17, 15) is 19.8 Å². The lowest BCUT2D eigenvalue weighted by Gasteiger charge is -2.20. The molecule has 0 spiro atoms. The normalized spacial score (nSPS) is 12.5. The lowest BCUT2D eigenvalue weighted by Crippen LogP contribution is -2.45. The van der Waals surface area contributed by atoms with E-state index < -0.39 is 12.1 Å². The zero-order chi connectivity index (χ0) is 53.6. The Morgan fingerprint density at radius 1 is 0.365 bits per heavy atom. The van der Waals surface area contributed by atoms with Crippen LogP contribution in [-0.4, -0.2) is 47.4 Å². The fourth-order valence-electron chi connectivity index (χ4n) is 10.9. The predicted molar refractivity (Wildman–Crippen MR) is 324 cm³/mol. The van der Waals surface area contributed by atoms with Crippen molar-refractivity contribution < 1.29 is 24.5 Å². The Bertz CT molecular complexity index is 1110. The van der Waals surface area contributed by atoms with Gasteiger partial charge in [-0.25, -0.2) is 0 Å². The second-order valence-electron chi connectivity index (χ2n) is 23.5. The molecular formula is C68H133NO5. The summed E-state index contributed by atoms with van der Waals surface area (Å²) in [6.45, 7) is 4.95. The standard InChI is InChI=1S/C68H133NO5/c1-3-5-7-9-11-13-15-17-19-21-29-32-36-40-44-48-52-56-60-66(71)65(64-70)69-67(72)61-57-53-49-45-41-37-33-30-27-25-23-22-24-26-28-31-35-39-43-47-51-55-59-63-74-68(73)62-58-54-50-46-42-38-34-20-18-16-14-12-10-8-6-4-2/h56,60,65-66,70-71H,3-55,57-59,61-64H2,1-2H3,(H,69,72)/b60-56+. The molecule has 440 valence electrons. The quantitative estimate of drug-likeness (QED) is 0.0320. The Hall–Kier alpha value is -1.40. The van der Waals surface area contributed by atoms with E-state index in [4.69, 9.17) is 4.74 Å². The van der Waals surface area contributed by atoms with Gasteiger partial charge in [-0.3, -0.25) is 9.59 Å². The Balaban J connectivity index is 3.38. The van der Waals surface area contributed by atoms with Gasteiger partial charge >= 0.3 is 5.97 Å². The van der Waals surface area contributed by atoms with Gasteiger partial charge in [0.2, 0.25) is 5.91 Å².